The Morgan fingerprint density at radius 3 is 2.86 bits per heavy atom. The van der Waals surface area contributed by atoms with Crippen molar-refractivity contribution in [2.24, 2.45) is 0 Å². The van der Waals surface area contributed by atoms with Gasteiger partial charge in [-0.15, -0.1) is 0 Å². The fraction of sp³-hybridized carbons (Fsp3) is 0.529. The minimum absolute atomic E-state index is 0.00495. The molecular formula is C17H23BrN2OS. The summed E-state index contributed by atoms with van der Waals surface area (Å²) >= 11 is 5.00. The molecule has 1 heterocycles. The van der Waals surface area contributed by atoms with Gasteiger partial charge in [-0.3, -0.25) is 4.79 Å². The first kappa shape index (κ1) is 17.4. The van der Waals surface area contributed by atoms with E-state index in [2.05, 4.69) is 59.1 Å². The highest BCUT2D eigenvalue weighted by atomic mass is 79.9. The van der Waals surface area contributed by atoms with Crippen LogP contribution in [-0.4, -0.2) is 15.7 Å². The number of nitrogens with zero attached hydrogens (tertiary/aromatic N) is 1. The van der Waals surface area contributed by atoms with Gasteiger partial charge in [0.25, 0.3) is 0 Å². The molecule has 2 aromatic rings. The molecule has 5 heteroatoms. The molecule has 3 nitrogen and oxygen atoms in total. The Kier molecular flexibility index (Phi) is 6.38. The van der Waals surface area contributed by atoms with Crippen LogP contribution in [0.1, 0.15) is 57.9 Å². The molecule has 0 aliphatic rings. The van der Waals surface area contributed by atoms with Crippen LogP contribution in [-0.2, 0) is 4.79 Å². The third kappa shape index (κ3) is 4.29. The van der Waals surface area contributed by atoms with Crippen molar-refractivity contribution >= 4 is 48.5 Å². The number of thiazole rings is 1. The van der Waals surface area contributed by atoms with Crippen LogP contribution in [0.25, 0.3) is 10.2 Å². The SMILES string of the molecule is CCCC[C@@H](Br)C(=O)Nc1nc2ccc([C@@H](C)CC)cc2s1. The zero-order valence-corrected chi connectivity index (χ0v) is 15.8. The number of fused-ring (bicyclic) bond motifs is 1. The number of rotatable bonds is 7. The molecule has 0 bridgehead atoms. The van der Waals surface area contributed by atoms with E-state index in [-0.39, 0.29) is 10.7 Å². The van der Waals surface area contributed by atoms with Crippen molar-refractivity contribution in [1.82, 2.24) is 4.98 Å². The number of nitrogens with one attached hydrogen (secondary N) is 1. The maximum Gasteiger partial charge on any atom is 0.239 e. The van der Waals surface area contributed by atoms with Crippen LogP contribution < -0.4 is 5.32 Å². The molecule has 0 spiro atoms. The summed E-state index contributed by atoms with van der Waals surface area (Å²) in [6, 6.07) is 6.38. The van der Waals surface area contributed by atoms with Crippen LogP contribution in [0.5, 0.6) is 0 Å². The van der Waals surface area contributed by atoms with Crippen LogP contribution in [0.4, 0.5) is 5.13 Å². The average molecular weight is 383 g/mol. The molecule has 0 radical (unpaired) electrons. The van der Waals surface area contributed by atoms with Gasteiger partial charge in [0.1, 0.15) is 0 Å². The molecule has 0 aliphatic heterocycles. The van der Waals surface area contributed by atoms with Crippen molar-refractivity contribution in [2.75, 3.05) is 5.32 Å². The van der Waals surface area contributed by atoms with Crippen LogP contribution >= 0.6 is 27.3 Å². The van der Waals surface area contributed by atoms with Crippen molar-refractivity contribution in [3.05, 3.63) is 23.8 Å². The van der Waals surface area contributed by atoms with Gasteiger partial charge in [0.15, 0.2) is 5.13 Å². The molecule has 120 valence electrons. The lowest BCUT2D eigenvalue weighted by molar-refractivity contribution is -0.115. The summed E-state index contributed by atoms with van der Waals surface area (Å²) in [5.41, 5.74) is 2.28. The Morgan fingerprint density at radius 2 is 2.18 bits per heavy atom. The lowest BCUT2D eigenvalue weighted by atomic mass is 9.99. The molecule has 1 amide bonds. The molecule has 0 aliphatic carbocycles. The number of carbonyl (C=O) groups is 1. The van der Waals surface area contributed by atoms with Gasteiger partial charge in [-0.25, -0.2) is 4.98 Å². The van der Waals surface area contributed by atoms with Crippen molar-refractivity contribution in [3.63, 3.8) is 0 Å². The van der Waals surface area contributed by atoms with E-state index >= 15 is 0 Å². The normalized spacial score (nSPS) is 14.0. The van der Waals surface area contributed by atoms with Gasteiger partial charge in [-0.2, -0.15) is 0 Å². The second-order valence-corrected chi connectivity index (χ2v) is 7.79. The minimum Gasteiger partial charge on any atom is -0.301 e. The summed E-state index contributed by atoms with van der Waals surface area (Å²) in [6.07, 6.45) is 4.11. The highest BCUT2D eigenvalue weighted by Gasteiger charge is 2.16. The lowest BCUT2D eigenvalue weighted by Gasteiger charge is -2.07. The van der Waals surface area contributed by atoms with Crippen LogP contribution in [0.2, 0.25) is 0 Å². The topological polar surface area (TPSA) is 42.0 Å². The number of unbranched alkanes of at least 4 members (excludes halogenated alkanes) is 1. The fourth-order valence-electron chi connectivity index (χ4n) is 2.24. The zero-order chi connectivity index (χ0) is 16.1. The number of hydrogen-bond donors (Lipinski definition) is 1. The predicted octanol–water partition coefficient (Wildman–Crippen LogP) is 5.70. The number of halogens is 1. The van der Waals surface area contributed by atoms with Crippen LogP contribution in [0.15, 0.2) is 18.2 Å². The molecule has 1 aromatic carbocycles. The predicted molar refractivity (Wildman–Crippen MR) is 99.2 cm³/mol. The molecular weight excluding hydrogens is 360 g/mol. The number of hydrogen-bond acceptors (Lipinski definition) is 3. The summed E-state index contributed by atoms with van der Waals surface area (Å²) in [5.74, 6) is 0.542. The molecule has 2 rings (SSSR count). The molecule has 0 unspecified atom stereocenters. The Hall–Kier alpha value is -0.940. The van der Waals surface area contributed by atoms with Gasteiger partial charge in [0.05, 0.1) is 15.0 Å². The summed E-state index contributed by atoms with van der Waals surface area (Å²) in [5, 5.41) is 3.61. The highest BCUT2D eigenvalue weighted by Crippen LogP contribution is 2.30. The fourth-order valence-corrected chi connectivity index (χ4v) is 3.59. The highest BCUT2D eigenvalue weighted by molar-refractivity contribution is 9.10. The summed E-state index contributed by atoms with van der Waals surface area (Å²) in [6.45, 7) is 6.55. The molecule has 1 aromatic heterocycles. The Balaban J connectivity index is 2.11. The number of amides is 1. The van der Waals surface area contributed by atoms with E-state index in [1.165, 1.54) is 5.56 Å². The molecule has 2 atom stereocenters. The summed E-state index contributed by atoms with van der Waals surface area (Å²) in [4.78, 5) is 16.5. The number of anilines is 1. The van der Waals surface area contributed by atoms with Crippen molar-refractivity contribution in [2.45, 2.75) is 57.2 Å². The van der Waals surface area contributed by atoms with Crippen molar-refractivity contribution in [1.29, 1.82) is 0 Å². The second-order valence-electron chi connectivity index (χ2n) is 5.65. The Labute approximate surface area is 144 Å². The second kappa shape index (κ2) is 8.06. The quantitative estimate of drug-likeness (QED) is 0.623. The molecule has 1 N–H and O–H groups in total. The first-order chi connectivity index (χ1) is 10.5. The Bertz CT molecular complexity index is 641. The molecule has 0 saturated carbocycles. The minimum atomic E-state index is -0.143. The molecule has 0 fully saturated rings. The smallest absolute Gasteiger partial charge is 0.239 e. The average Bonchev–Trinajstić information content (AvgIpc) is 2.92. The van der Waals surface area contributed by atoms with E-state index in [1.54, 1.807) is 11.3 Å². The number of aromatic nitrogens is 1. The van der Waals surface area contributed by atoms with Gasteiger partial charge in [-0.1, -0.05) is 66.9 Å². The Morgan fingerprint density at radius 1 is 1.41 bits per heavy atom. The zero-order valence-electron chi connectivity index (χ0n) is 13.4. The number of benzene rings is 1. The monoisotopic (exact) mass is 382 g/mol. The maximum atomic E-state index is 12.1. The standard InChI is InChI=1S/C17H23BrN2OS/c1-4-6-7-13(18)16(21)20-17-19-14-9-8-12(11(3)5-2)10-15(14)22-17/h8-11,13H,4-7H2,1-3H3,(H,19,20,21)/t11-,13+/m0/s1. The summed E-state index contributed by atoms with van der Waals surface area (Å²) < 4.78 is 1.13. The first-order valence-corrected chi connectivity index (χ1v) is 9.63. The van der Waals surface area contributed by atoms with Gasteiger partial charge in [0, 0.05) is 0 Å². The van der Waals surface area contributed by atoms with Gasteiger partial charge in [-0.05, 0) is 36.5 Å². The third-order valence-electron chi connectivity index (χ3n) is 3.92. The molecule has 0 saturated heterocycles. The number of carbonyl (C=O) groups excluding carboxylic acids is 1. The summed E-state index contributed by atoms with van der Waals surface area (Å²) in [7, 11) is 0. The van der Waals surface area contributed by atoms with Crippen molar-refractivity contribution in [3.8, 4) is 0 Å². The van der Waals surface area contributed by atoms with E-state index in [1.807, 2.05) is 6.07 Å². The van der Waals surface area contributed by atoms with Gasteiger partial charge in [0.2, 0.25) is 5.91 Å². The van der Waals surface area contributed by atoms with E-state index in [0.717, 1.165) is 35.9 Å². The first-order valence-electron chi connectivity index (χ1n) is 7.90. The maximum absolute atomic E-state index is 12.1. The lowest BCUT2D eigenvalue weighted by Crippen LogP contribution is -2.22. The van der Waals surface area contributed by atoms with E-state index in [0.29, 0.717) is 11.0 Å². The van der Waals surface area contributed by atoms with Crippen LogP contribution in [0, 0.1) is 0 Å². The number of alkyl halides is 1. The third-order valence-corrected chi connectivity index (χ3v) is 5.73. The van der Waals surface area contributed by atoms with Crippen LogP contribution in [0.3, 0.4) is 0 Å². The van der Waals surface area contributed by atoms with Gasteiger partial charge >= 0.3 is 0 Å². The largest absolute Gasteiger partial charge is 0.301 e. The molecule has 22 heavy (non-hydrogen) atoms. The van der Waals surface area contributed by atoms with Gasteiger partial charge < -0.3 is 5.32 Å². The van der Waals surface area contributed by atoms with E-state index in [9.17, 15) is 4.79 Å². The van der Waals surface area contributed by atoms with E-state index < -0.39 is 0 Å². The van der Waals surface area contributed by atoms with E-state index in [4.69, 9.17) is 0 Å². The van der Waals surface area contributed by atoms with Crippen molar-refractivity contribution < 1.29 is 4.79 Å².